The van der Waals surface area contributed by atoms with Gasteiger partial charge in [0.25, 0.3) is 5.91 Å². The molecule has 1 saturated heterocycles. The van der Waals surface area contributed by atoms with Gasteiger partial charge in [0.1, 0.15) is 5.82 Å². The SMILES string of the molecule is Cc1cc(Nc2ncccc2C)cc([C@H]2CCCN(C(=O)c3cn(C)nc3C)C2)n1. The summed E-state index contributed by atoms with van der Waals surface area (Å²) in [6, 6.07) is 8.09. The lowest BCUT2D eigenvalue weighted by atomic mass is 9.93. The highest BCUT2D eigenvalue weighted by molar-refractivity contribution is 5.95. The molecule has 0 saturated carbocycles. The number of amides is 1. The van der Waals surface area contributed by atoms with Crippen LogP contribution in [-0.2, 0) is 7.05 Å². The van der Waals surface area contributed by atoms with Crippen molar-refractivity contribution in [1.29, 1.82) is 0 Å². The van der Waals surface area contributed by atoms with Crippen LogP contribution in [0.2, 0.25) is 0 Å². The molecule has 1 aliphatic heterocycles. The molecule has 3 aromatic heterocycles. The molecule has 1 fully saturated rings. The van der Waals surface area contributed by atoms with Crippen molar-refractivity contribution in [3.05, 3.63) is 64.9 Å². The van der Waals surface area contributed by atoms with E-state index in [9.17, 15) is 4.79 Å². The fraction of sp³-hybridized carbons (Fsp3) is 0.391. The highest BCUT2D eigenvalue weighted by atomic mass is 16.2. The van der Waals surface area contributed by atoms with Crippen LogP contribution in [0, 0.1) is 20.8 Å². The fourth-order valence-corrected chi connectivity index (χ4v) is 4.11. The molecule has 4 rings (SSSR count). The summed E-state index contributed by atoms with van der Waals surface area (Å²) in [5, 5.41) is 7.74. The third-order valence-corrected chi connectivity index (χ3v) is 5.62. The number of carbonyl (C=O) groups excluding carboxylic acids is 1. The third kappa shape index (κ3) is 4.20. The van der Waals surface area contributed by atoms with E-state index in [1.807, 2.05) is 57.1 Å². The Morgan fingerprint density at radius 1 is 1.23 bits per heavy atom. The zero-order valence-corrected chi connectivity index (χ0v) is 18.0. The number of aromatic nitrogens is 4. The quantitative estimate of drug-likeness (QED) is 0.714. The number of pyridine rings is 2. The van der Waals surface area contributed by atoms with Crippen LogP contribution < -0.4 is 5.32 Å². The maximum atomic E-state index is 13.1. The van der Waals surface area contributed by atoms with E-state index >= 15 is 0 Å². The zero-order valence-electron chi connectivity index (χ0n) is 18.0. The van der Waals surface area contributed by atoms with Crippen LogP contribution in [0.1, 0.15) is 51.8 Å². The van der Waals surface area contributed by atoms with Crippen molar-refractivity contribution in [1.82, 2.24) is 24.6 Å². The zero-order chi connectivity index (χ0) is 21.3. The minimum atomic E-state index is 0.0559. The molecular weight excluding hydrogens is 376 g/mol. The van der Waals surface area contributed by atoms with Crippen molar-refractivity contribution in [3.63, 3.8) is 0 Å². The minimum absolute atomic E-state index is 0.0559. The first-order valence-electron chi connectivity index (χ1n) is 10.4. The van der Waals surface area contributed by atoms with Crippen LogP contribution in [-0.4, -0.2) is 43.6 Å². The lowest BCUT2D eigenvalue weighted by Gasteiger charge is -2.32. The molecule has 156 valence electrons. The maximum absolute atomic E-state index is 13.1. The van der Waals surface area contributed by atoms with Gasteiger partial charge in [0.15, 0.2) is 0 Å². The Balaban J connectivity index is 1.55. The van der Waals surface area contributed by atoms with Crippen LogP contribution in [0.5, 0.6) is 0 Å². The smallest absolute Gasteiger partial charge is 0.257 e. The number of aryl methyl sites for hydroxylation is 4. The van der Waals surface area contributed by atoms with Crippen LogP contribution in [0.3, 0.4) is 0 Å². The van der Waals surface area contributed by atoms with Gasteiger partial charge >= 0.3 is 0 Å². The molecule has 0 bridgehead atoms. The molecule has 1 amide bonds. The highest BCUT2D eigenvalue weighted by Gasteiger charge is 2.28. The molecule has 0 aliphatic carbocycles. The minimum Gasteiger partial charge on any atom is -0.340 e. The van der Waals surface area contributed by atoms with Crippen molar-refractivity contribution in [3.8, 4) is 0 Å². The van der Waals surface area contributed by atoms with Gasteiger partial charge in [-0.15, -0.1) is 0 Å². The Morgan fingerprint density at radius 3 is 2.80 bits per heavy atom. The van der Waals surface area contributed by atoms with E-state index in [2.05, 4.69) is 21.5 Å². The monoisotopic (exact) mass is 404 g/mol. The standard InChI is InChI=1S/C23H28N6O/c1-15-7-5-9-24-22(15)26-19-11-16(2)25-21(12-19)18-8-6-10-29(13-18)23(30)20-14-28(4)27-17(20)3/h5,7,9,11-12,14,18H,6,8,10,13H2,1-4H3,(H,24,25,26)/t18-/m0/s1. The van der Waals surface area contributed by atoms with E-state index in [4.69, 9.17) is 4.98 Å². The number of hydrogen-bond donors (Lipinski definition) is 1. The average molecular weight is 405 g/mol. The predicted octanol–water partition coefficient (Wildman–Crippen LogP) is 3.90. The Hall–Kier alpha value is -3.22. The summed E-state index contributed by atoms with van der Waals surface area (Å²) >= 11 is 0. The summed E-state index contributed by atoms with van der Waals surface area (Å²) in [5.74, 6) is 1.12. The van der Waals surface area contributed by atoms with Gasteiger partial charge in [0.2, 0.25) is 0 Å². The molecule has 1 aliphatic rings. The topological polar surface area (TPSA) is 75.9 Å². The molecule has 3 aromatic rings. The normalized spacial score (nSPS) is 16.5. The average Bonchev–Trinajstić information content (AvgIpc) is 3.07. The molecule has 7 heteroatoms. The largest absolute Gasteiger partial charge is 0.340 e. The summed E-state index contributed by atoms with van der Waals surface area (Å²) in [4.78, 5) is 24.2. The van der Waals surface area contributed by atoms with Crippen molar-refractivity contribution in [2.45, 2.75) is 39.5 Å². The van der Waals surface area contributed by atoms with Gasteiger partial charge in [-0.25, -0.2) is 4.98 Å². The Morgan fingerprint density at radius 2 is 2.07 bits per heavy atom. The second kappa shape index (κ2) is 8.26. The Kier molecular flexibility index (Phi) is 5.53. The van der Waals surface area contributed by atoms with Crippen molar-refractivity contribution >= 4 is 17.4 Å². The molecule has 1 N–H and O–H groups in total. The van der Waals surface area contributed by atoms with Crippen LogP contribution >= 0.6 is 0 Å². The molecule has 1 atom stereocenters. The number of rotatable bonds is 4. The summed E-state index contributed by atoms with van der Waals surface area (Å²) in [6.45, 7) is 7.37. The molecule has 0 unspecified atom stereocenters. The van der Waals surface area contributed by atoms with E-state index < -0.39 is 0 Å². The first kappa shape index (κ1) is 20.1. The van der Waals surface area contributed by atoms with Crippen molar-refractivity contribution in [2.24, 2.45) is 7.05 Å². The number of likely N-dealkylation sites (tertiary alicyclic amines) is 1. The summed E-state index contributed by atoms with van der Waals surface area (Å²) < 4.78 is 1.70. The van der Waals surface area contributed by atoms with Crippen molar-refractivity contribution < 1.29 is 4.79 Å². The molecular formula is C23H28N6O. The maximum Gasteiger partial charge on any atom is 0.257 e. The van der Waals surface area contributed by atoms with Gasteiger partial charge in [-0.2, -0.15) is 5.10 Å². The summed E-state index contributed by atoms with van der Waals surface area (Å²) in [5.41, 5.74) is 5.50. The highest BCUT2D eigenvalue weighted by Crippen LogP contribution is 2.30. The number of anilines is 2. The number of carbonyl (C=O) groups is 1. The predicted molar refractivity (Wildman–Crippen MR) is 117 cm³/mol. The van der Waals surface area contributed by atoms with Gasteiger partial charge in [-0.05, 0) is 57.4 Å². The Bertz CT molecular complexity index is 1070. The van der Waals surface area contributed by atoms with Crippen LogP contribution in [0.4, 0.5) is 11.5 Å². The van der Waals surface area contributed by atoms with Crippen molar-refractivity contribution in [2.75, 3.05) is 18.4 Å². The second-order valence-electron chi connectivity index (χ2n) is 8.11. The van der Waals surface area contributed by atoms with E-state index in [1.54, 1.807) is 10.9 Å². The number of nitrogens with one attached hydrogen (secondary N) is 1. The molecule has 7 nitrogen and oxygen atoms in total. The van der Waals surface area contributed by atoms with Gasteiger partial charge in [-0.3, -0.25) is 14.5 Å². The van der Waals surface area contributed by atoms with E-state index in [0.29, 0.717) is 12.1 Å². The van der Waals surface area contributed by atoms with E-state index in [-0.39, 0.29) is 11.8 Å². The molecule has 30 heavy (non-hydrogen) atoms. The molecule has 0 spiro atoms. The summed E-state index contributed by atoms with van der Waals surface area (Å²) in [6.07, 6.45) is 5.58. The van der Waals surface area contributed by atoms with Gasteiger partial charge in [0.05, 0.1) is 11.3 Å². The van der Waals surface area contributed by atoms with E-state index in [1.165, 1.54) is 0 Å². The van der Waals surface area contributed by atoms with Gasteiger partial charge < -0.3 is 10.2 Å². The van der Waals surface area contributed by atoms with E-state index in [0.717, 1.165) is 53.5 Å². The Labute approximate surface area is 177 Å². The number of hydrogen-bond acceptors (Lipinski definition) is 5. The molecule has 4 heterocycles. The lowest BCUT2D eigenvalue weighted by Crippen LogP contribution is -2.39. The third-order valence-electron chi connectivity index (χ3n) is 5.62. The van der Waals surface area contributed by atoms with Crippen LogP contribution in [0.25, 0.3) is 0 Å². The molecule has 0 aromatic carbocycles. The number of nitrogens with zero attached hydrogens (tertiary/aromatic N) is 5. The van der Waals surface area contributed by atoms with Gasteiger partial charge in [0, 0.05) is 55.5 Å². The first-order chi connectivity index (χ1) is 14.4. The van der Waals surface area contributed by atoms with Gasteiger partial charge in [-0.1, -0.05) is 6.07 Å². The molecule has 0 radical (unpaired) electrons. The lowest BCUT2D eigenvalue weighted by molar-refractivity contribution is 0.0705. The van der Waals surface area contributed by atoms with Crippen LogP contribution in [0.15, 0.2) is 36.7 Å². The summed E-state index contributed by atoms with van der Waals surface area (Å²) in [7, 11) is 1.84. The number of piperidine rings is 1. The fourth-order valence-electron chi connectivity index (χ4n) is 4.11. The first-order valence-corrected chi connectivity index (χ1v) is 10.4. The second-order valence-corrected chi connectivity index (χ2v) is 8.11.